The molecule has 0 aliphatic carbocycles. The van der Waals surface area contributed by atoms with E-state index >= 15 is 0 Å². The zero-order valence-corrected chi connectivity index (χ0v) is 14.1. The number of carbonyl (C=O) groups is 1. The summed E-state index contributed by atoms with van der Waals surface area (Å²) in [5, 5.41) is 6.20. The summed E-state index contributed by atoms with van der Waals surface area (Å²) >= 11 is 0. The molecule has 2 aromatic rings. The van der Waals surface area contributed by atoms with Gasteiger partial charge in [0.05, 0.1) is 16.8 Å². The van der Waals surface area contributed by atoms with Crippen LogP contribution in [-0.4, -0.2) is 37.0 Å². The number of carbonyl (C=O) groups excluding carboxylic acids is 1. The smallest absolute Gasteiger partial charge is 0.355 e. The molecular formula is C19H20F3N3O. The first-order chi connectivity index (χ1) is 12.4. The third-order valence-electron chi connectivity index (χ3n) is 4.25. The molecule has 0 aromatic heterocycles. The summed E-state index contributed by atoms with van der Waals surface area (Å²) in [5.74, 6) is -0.122. The van der Waals surface area contributed by atoms with Crippen molar-refractivity contribution in [2.45, 2.75) is 12.6 Å². The van der Waals surface area contributed by atoms with E-state index in [0.717, 1.165) is 31.6 Å². The second kappa shape index (κ2) is 7.78. The number of halogens is 3. The van der Waals surface area contributed by atoms with Crippen LogP contribution in [0.25, 0.3) is 0 Å². The number of alkyl halides is 3. The van der Waals surface area contributed by atoms with Crippen LogP contribution >= 0.6 is 0 Å². The van der Waals surface area contributed by atoms with Crippen LogP contribution in [0.4, 0.5) is 24.5 Å². The number of hydrogen-bond donors (Lipinski definition) is 2. The van der Waals surface area contributed by atoms with Crippen molar-refractivity contribution < 1.29 is 18.0 Å². The quantitative estimate of drug-likeness (QED) is 0.870. The summed E-state index contributed by atoms with van der Waals surface area (Å²) in [4.78, 5) is 14.6. The second-order valence-electron chi connectivity index (χ2n) is 6.14. The Balaban J connectivity index is 1.84. The monoisotopic (exact) mass is 363 g/mol. The summed E-state index contributed by atoms with van der Waals surface area (Å²) < 4.78 is 38.7. The van der Waals surface area contributed by atoms with Gasteiger partial charge in [-0.05, 0) is 43.3 Å². The fourth-order valence-corrected chi connectivity index (χ4v) is 2.93. The largest absolute Gasteiger partial charge is 0.416 e. The number of anilines is 2. The van der Waals surface area contributed by atoms with Crippen molar-refractivity contribution in [3.05, 3.63) is 59.7 Å². The Hall–Kier alpha value is -2.54. The minimum atomic E-state index is -4.41. The zero-order valence-electron chi connectivity index (χ0n) is 14.1. The van der Waals surface area contributed by atoms with Crippen molar-refractivity contribution in [3.8, 4) is 0 Å². The molecular weight excluding hydrogens is 343 g/mol. The van der Waals surface area contributed by atoms with Gasteiger partial charge in [0.1, 0.15) is 0 Å². The summed E-state index contributed by atoms with van der Waals surface area (Å²) in [7, 11) is 0. The number of nitrogens with zero attached hydrogens (tertiary/aromatic N) is 1. The Labute approximate surface area is 150 Å². The highest BCUT2D eigenvalue weighted by Crippen LogP contribution is 2.32. The van der Waals surface area contributed by atoms with Crippen molar-refractivity contribution in [1.29, 1.82) is 0 Å². The highest BCUT2D eigenvalue weighted by molar-refractivity contribution is 6.00. The van der Waals surface area contributed by atoms with Crippen LogP contribution in [0.3, 0.4) is 0 Å². The number of hydrogen-bond acceptors (Lipinski definition) is 3. The normalized spacial score (nSPS) is 15.4. The molecule has 0 saturated carbocycles. The molecule has 26 heavy (non-hydrogen) atoms. The van der Waals surface area contributed by atoms with E-state index in [1.165, 1.54) is 6.07 Å². The number of rotatable bonds is 3. The van der Waals surface area contributed by atoms with E-state index in [4.69, 9.17) is 0 Å². The Bertz CT molecular complexity index is 769. The fourth-order valence-electron chi connectivity index (χ4n) is 2.93. The molecule has 3 rings (SSSR count). The predicted molar refractivity (Wildman–Crippen MR) is 94.6 cm³/mol. The molecule has 138 valence electrons. The van der Waals surface area contributed by atoms with Crippen LogP contribution in [0.15, 0.2) is 48.5 Å². The first kappa shape index (κ1) is 18.3. The molecule has 1 heterocycles. The lowest BCUT2D eigenvalue weighted by atomic mass is 10.1. The molecule has 1 saturated heterocycles. The van der Waals surface area contributed by atoms with Crippen LogP contribution in [0, 0.1) is 0 Å². The van der Waals surface area contributed by atoms with Gasteiger partial charge < -0.3 is 15.5 Å². The standard InChI is InChI=1S/C19H20F3N3O/c20-19(21,22)14-5-3-6-15(13-14)24-17-8-2-1-7-16(17)18(26)25-11-4-9-23-10-12-25/h1-3,5-8,13,23-24H,4,9-12H2. The van der Waals surface area contributed by atoms with Gasteiger partial charge in [0.2, 0.25) is 0 Å². The molecule has 0 spiro atoms. The summed E-state index contributed by atoms with van der Waals surface area (Å²) in [6, 6.07) is 11.8. The first-order valence-corrected chi connectivity index (χ1v) is 8.48. The van der Waals surface area contributed by atoms with Crippen molar-refractivity contribution in [2.75, 3.05) is 31.5 Å². The van der Waals surface area contributed by atoms with Crippen molar-refractivity contribution in [2.24, 2.45) is 0 Å². The summed E-state index contributed by atoms with van der Waals surface area (Å²) in [5.41, 5.74) is 0.503. The van der Waals surface area contributed by atoms with Gasteiger partial charge in [0, 0.05) is 25.3 Å². The lowest BCUT2D eigenvalue weighted by Gasteiger charge is -2.22. The molecule has 1 aliphatic rings. The van der Waals surface area contributed by atoms with Crippen molar-refractivity contribution in [1.82, 2.24) is 10.2 Å². The number of nitrogens with one attached hydrogen (secondary N) is 2. The van der Waals surface area contributed by atoms with Crippen LogP contribution in [0.5, 0.6) is 0 Å². The maximum absolute atomic E-state index is 12.9. The van der Waals surface area contributed by atoms with E-state index in [-0.39, 0.29) is 11.6 Å². The lowest BCUT2D eigenvalue weighted by Crippen LogP contribution is -2.34. The molecule has 1 aliphatic heterocycles. The SMILES string of the molecule is O=C(c1ccccc1Nc1cccc(C(F)(F)F)c1)N1CCCNCC1. The Kier molecular flexibility index (Phi) is 5.46. The van der Waals surface area contributed by atoms with Crippen molar-refractivity contribution in [3.63, 3.8) is 0 Å². The Morgan fingerprint density at radius 1 is 1.04 bits per heavy atom. The van der Waals surface area contributed by atoms with Gasteiger partial charge in [-0.2, -0.15) is 13.2 Å². The lowest BCUT2D eigenvalue weighted by molar-refractivity contribution is -0.137. The predicted octanol–water partition coefficient (Wildman–Crippen LogP) is 3.88. The molecule has 1 amide bonds. The molecule has 7 heteroatoms. The van der Waals surface area contributed by atoms with Crippen LogP contribution in [0.2, 0.25) is 0 Å². The van der Waals surface area contributed by atoms with E-state index in [9.17, 15) is 18.0 Å². The maximum Gasteiger partial charge on any atom is 0.416 e. The molecule has 0 unspecified atom stereocenters. The summed E-state index contributed by atoms with van der Waals surface area (Å²) in [6.45, 7) is 2.86. The van der Waals surface area contributed by atoms with Gasteiger partial charge in [-0.1, -0.05) is 18.2 Å². The highest BCUT2D eigenvalue weighted by atomic mass is 19.4. The second-order valence-corrected chi connectivity index (χ2v) is 6.14. The molecule has 4 nitrogen and oxygen atoms in total. The molecule has 1 fully saturated rings. The highest BCUT2D eigenvalue weighted by Gasteiger charge is 2.30. The Morgan fingerprint density at radius 3 is 2.65 bits per heavy atom. The van der Waals surface area contributed by atoms with E-state index in [1.54, 1.807) is 35.2 Å². The minimum absolute atomic E-state index is 0.122. The average molecular weight is 363 g/mol. The number of amides is 1. The fraction of sp³-hybridized carbons (Fsp3) is 0.316. The number of benzene rings is 2. The van der Waals surface area contributed by atoms with Gasteiger partial charge in [0.25, 0.3) is 5.91 Å². The molecule has 2 aromatic carbocycles. The zero-order chi connectivity index (χ0) is 18.6. The third kappa shape index (κ3) is 4.35. The van der Waals surface area contributed by atoms with E-state index in [2.05, 4.69) is 10.6 Å². The van der Waals surface area contributed by atoms with Gasteiger partial charge in [-0.15, -0.1) is 0 Å². The van der Waals surface area contributed by atoms with Crippen molar-refractivity contribution >= 4 is 17.3 Å². The van der Waals surface area contributed by atoms with E-state index in [0.29, 0.717) is 24.3 Å². The molecule has 0 bridgehead atoms. The Morgan fingerprint density at radius 2 is 1.85 bits per heavy atom. The van der Waals surface area contributed by atoms with Crippen LogP contribution in [-0.2, 0) is 6.18 Å². The van der Waals surface area contributed by atoms with Gasteiger partial charge in [-0.3, -0.25) is 4.79 Å². The van der Waals surface area contributed by atoms with Crippen LogP contribution in [0.1, 0.15) is 22.3 Å². The first-order valence-electron chi connectivity index (χ1n) is 8.48. The number of para-hydroxylation sites is 1. The summed E-state index contributed by atoms with van der Waals surface area (Å²) in [6.07, 6.45) is -3.54. The van der Waals surface area contributed by atoms with Gasteiger partial charge in [-0.25, -0.2) is 0 Å². The van der Waals surface area contributed by atoms with Gasteiger partial charge >= 0.3 is 6.18 Å². The molecule has 2 N–H and O–H groups in total. The van der Waals surface area contributed by atoms with E-state index in [1.807, 2.05) is 0 Å². The maximum atomic E-state index is 12.9. The topological polar surface area (TPSA) is 44.4 Å². The third-order valence-corrected chi connectivity index (χ3v) is 4.25. The van der Waals surface area contributed by atoms with Gasteiger partial charge in [0.15, 0.2) is 0 Å². The molecule has 0 atom stereocenters. The molecule has 0 radical (unpaired) electrons. The average Bonchev–Trinajstić information content (AvgIpc) is 2.90. The van der Waals surface area contributed by atoms with E-state index < -0.39 is 11.7 Å². The minimum Gasteiger partial charge on any atom is -0.355 e. The van der Waals surface area contributed by atoms with Crippen LogP contribution < -0.4 is 10.6 Å².